The molecular formula is C14H15ClN2O2S. The lowest BCUT2D eigenvalue weighted by Gasteiger charge is -2.09. The topological polar surface area (TPSA) is 65.2 Å². The Morgan fingerprint density at radius 2 is 2.15 bits per heavy atom. The number of rotatable bonds is 4. The average Bonchev–Trinajstić information content (AvgIpc) is 2.37. The molecule has 0 radical (unpaired) electrons. The van der Waals surface area contributed by atoms with Gasteiger partial charge in [-0.25, -0.2) is 0 Å². The van der Waals surface area contributed by atoms with Crippen LogP contribution in [0.15, 0.2) is 35.2 Å². The zero-order valence-corrected chi connectivity index (χ0v) is 12.8. The third kappa shape index (κ3) is 3.29. The second kappa shape index (κ2) is 6.24. The Kier molecular flexibility index (Phi) is 4.62. The van der Waals surface area contributed by atoms with Crippen molar-refractivity contribution in [2.24, 2.45) is 0 Å². The fourth-order valence-electron chi connectivity index (χ4n) is 1.87. The summed E-state index contributed by atoms with van der Waals surface area (Å²) in [6, 6.07) is 8.67. The van der Waals surface area contributed by atoms with Gasteiger partial charge >= 0.3 is 0 Å². The van der Waals surface area contributed by atoms with Gasteiger partial charge in [0.2, 0.25) is 0 Å². The molecule has 4 nitrogen and oxygen atoms in total. The lowest BCUT2D eigenvalue weighted by Crippen LogP contribution is -2.04. The Hall–Kier alpha value is -1.59. The molecule has 20 heavy (non-hydrogen) atoms. The lowest BCUT2D eigenvalue weighted by atomic mass is 10.3. The van der Waals surface area contributed by atoms with Crippen LogP contribution in [0.2, 0.25) is 5.02 Å². The largest absolute Gasteiger partial charge is 0.497 e. The number of ether oxygens (including phenoxy) is 1. The predicted octanol–water partition coefficient (Wildman–Crippen LogP) is 2.94. The molecule has 0 amide bonds. The SMILES string of the molecule is COc1cc(C)nc(CS(=O)c2c(N)cccc2Cl)c1. The number of halogens is 1. The fraction of sp³-hybridized carbons (Fsp3) is 0.214. The molecule has 106 valence electrons. The highest BCUT2D eigenvalue weighted by molar-refractivity contribution is 7.84. The van der Waals surface area contributed by atoms with Crippen molar-refractivity contribution in [1.29, 1.82) is 0 Å². The first-order valence-corrected chi connectivity index (χ1v) is 7.65. The maximum Gasteiger partial charge on any atom is 0.122 e. The Balaban J connectivity index is 2.30. The summed E-state index contributed by atoms with van der Waals surface area (Å²) < 4.78 is 17.6. The third-order valence-electron chi connectivity index (χ3n) is 2.72. The number of nitrogens with two attached hydrogens (primary N) is 1. The number of nitrogens with zero attached hydrogens (tertiary/aromatic N) is 1. The molecular weight excluding hydrogens is 296 g/mol. The molecule has 1 aromatic heterocycles. The summed E-state index contributed by atoms with van der Waals surface area (Å²) in [6.45, 7) is 1.86. The van der Waals surface area contributed by atoms with E-state index < -0.39 is 10.8 Å². The maximum atomic E-state index is 12.4. The number of benzene rings is 1. The number of nitrogen functional groups attached to an aromatic ring is 1. The Bertz CT molecular complexity index is 641. The lowest BCUT2D eigenvalue weighted by molar-refractivity contribution is 0.413. The molecule has 0 bridgehead atoms. The van der Waals surface area contributed by atoms with Crippen LogP contribution in [0.1, 0.15) is 11.4 Å². The standard InChI is InChI=1S/C14H15ClN2O2S/c1-9-6-11(19-2)7-10(17-9)8-20(18)14-12(15)4-3-5-13(14)16/h3-7H,8,16H2,1-2H3. The van der Waals surface area contributed by atoms with Gasteiger partial charge in [0.05, 0.1) is 39.3 Å². The van der Waals surface area contributed by atoms with Gasteiger partial charge in [0.1, 0.15) is 5.75 Å². The Morgan fingerprint density at radius 1 is 1.40 bits per heavy atom. The highest BCUT2D eigenvalue weighted by atomic mass is 35.5. The van der Waals surface area contributed by atoms with Gasteiger partial charge in [-0.2, -0.15) is 0 Å². The molecule has 2 N–H and O–H groups in total. The van der Waals surface area contributed by atoms with Crippen LogP contribution in [0.5, 0.6) is 5.75 Å². The second-order valence-electron chi connectivity index (χ2n) is 4.29. The van der Waals surface area contributed by atoms with E-state index in [2.05, 4.69) is 4.98 Å². The number of methoxy groups -OCH3 is 1. The van der Waals surface area contributed by atoms with Crippen LogP contribution in [0, 0.1) is 6.92 Å². The van der Waals surface area contributed by atoms with Crippen molar-refractivity contribution in [3.8, 4) is 5.75 Å². The van der Waals surface area contributed by atoms with Gasteiger partial charge in [-0.3, -0.25) is 9.19 Å². The van der Waals surface area contributed by atoms with Crippen molar-refractivity contribution in [3.05, 3.63) is 46.7 Å². The molecule has 2 aromatic rings. The monoisotopic (exact) mass is 310 g/mol. The summed E-state index contributed by atoms with van der Waals surface area (Å²) in [6.07, 6.45) is 0. The van der Waals surface area contributed by atoms with E-state index in [1.807, 2.05) is 13.0 Å². The summed E-state index contributed by atoms with van der Waals surface area (Å²) in [4.78, 5) is 4.80. The molecule has 1 unspecified atom stereocenters. The first-order valence-electron chi connectivity index (χ1n) is 5.95. The molecule has 1 aromatic carbocycles. The van der Waals surface area contributed by atoms with Crippen molar-refractivity contribution in [2.45, 2.75) is 17.6 Å². The number of hydrogen-bond donors (Lipinski definition) is 1. The van der Waals surface area contributed by atoms with Crippen LogP contribution in [0.4, 0.5) is 5.69 Å². The molecule has 6 heteroatoms. The van der Waals surface area contributed by atoms with Crippen LogP contribution in [0.25, 0.3) is 0 Å². The number of aromatic nitrogens is 1. The van der Waals surface area contributed by atoms with Gasteiger partial charge in [0.25, 0.3) is 0 Å². The molecule has 0 aliphatic carbocycles. The van der Waals surface area contributed by atoms with Gasteiger partial charge in [0.15, 0.2) is 0 Å². The molecule has 1 atom stereocenters. The first kappa shape index (κ1) is 14.8. The molecule has 0 fully saturated rings. The van der Waals surface area contributed by atoms with Crippen molar-refractivity contribution < 1.29 is 8.95 Å². The summed E-state index contributed by atoms with van der Waals surface area (Å²) in [5.41, 5.74) is 7.75. The smallest absolute Gasteiger partial charge is 0.122 e. The summed E-state index contributed by atoms with van der Waals surface area (Å²) in [5, 5.41) is 0.406. The number of aryl methyl sites for hydroxylation is 1. The predicted molar refractivity (Wildman–Crippen MR) is 81.5 cm³/mol. The minimum atomic E-state index is -1.35. The second-order valence-corrected chi connectivity index (χ2v) is 6.08. The Labute approximate surface area is 125 Å². The van der Waals surface area contributed by atoms with Crippen LogP contribution in [0.3, 0.4) is 0 Å². The Morgan fingerprint density at radius 3 is 2.80 bits per heavy atom. The van der Waals surface area contributed by atoms with Crippen molar-refractivity contribution in [2.75, 3.05) is 12.8 Å². The molecule has 0 aliphatic heterocycles. The first-order chi connectivity index (χ1) is 9.51. The van der Waals surface area contributed by atoms with Crippen LogP contribution >= 0.6 is 11.6 Å². The molecule has 2 rings (SSSR count). The van der Waals surface area contributed by atoms with E-state index in [9.17, 15) is 4.21 Å². The van der Waals surface area contributed by atoms with Crippen molar-refractivity contribution in [1.82, 2.24) is 4.98 Å². The average molecular weight is 311 g/mol. The molecule has 0 saturated carbocycles. The van der Waals surface area contributed by atoms with E-state index >= 15 is 0 Å². The van der Waals surface area contributed by atoms with Gasteiger partial charge in [-0.05, 0) is 19.1 Å². The molecule has 0 aliphatic rings. The number of pyridine rings is 1. The zero-order valence-electron chi connectivity index (χ0n) is 11.2. The maximum absolute atomic E-state index is 12.4. The van der Waals surface area contributed by atoms with E-state index in [0.29, 0.717) is 27.0 Å². The zero-order chi connectivity index (χ0) is 14.7. The normalized spacial score (nSPS) is 12.2. The summed E-state index contributed by atoms with van der Waals surface area (Å²) in [7, 11) is 0.234. The highest BCUT2D eigenvalue weighted by Crippen LogP contribution is 2.27. The van der Waals surface area contributed by atoms with Crippen LogP contribution in [-0.4, -0.2) is 16.3 Å². The van der Waals surface area contributed by atoms with Gasteiger partial charge in [-0.1, -0.05) is 17.7 Å². The highest BCUT2D eigenvalue weighted by Gasteiger charge is 2.14. The fourth-order valence-corrected chi connectivity index (χ4v) is 3.48. The third-order valence-corrected chi connectivity index (χ3v) is 4.62. The van der Waals surface area contributed by atoms with E-state index in [4.69, 9.17) is 22.1 Å². The van der Waals surface area contributed by atoms with Crippen LogP contribution in [-0.2, 0) is 16.6 Å². The van der Waals surface area contributed by atoms with Crippen LogP contribution < -0.4 is 10.5 Å². The van der Waals surface area contributed by atoms with Gasteiger partial charge in [0, 0.05) is 23.5 Å². The van der Waals surface area contributed by atoms with E-state index in [-0.39, 0.29) is 5.75 Å². The van der Waals surface area contributed by atoms with E-state index in [0.717, 1.165) is 5.69 Å². The number of anilines is 1. The molecule has 0 saturated heterocycles. The van der Waals surface area contributed by atoms with Crippen molar-refractivity contribution in [3.63, 3.8) is 0 Å². The van der Waals surface area contributed by atoms with E-state index in [1.54, 1.807) is 31.4 Å². The number of hydrogen-bond acceptors (Lipinski definition) is 4. The molecule has 1 heterocycles. The molecule has 0 spiro atoms. The van der Waals surface area contributed by atoms with E-state index in [1.165, 1.54) is 0 Å². The quantitative estimate of drug-likeness (QED) is 0.882. The summed E-state index contributed by atoms with van der Waals surface area (Å²) >= 11 is 6.06. The van der Waals surface area contributed by atoms with Gasteiger partial charge < -0.3 is 10.5 Å². The summed E-state index contributed by atoms with van der Waals surface area (Å²) in [5.74, 6) is 0.933. The minimum Gasteiger partial charge on any atom is -0.497 e. The van der Waals surface area contributed by atoms with Crippen molar-refractivity contribution >= 4 is 28.1 Å². The minimum absolute atomic E-state index is 0.242. The van der Waals surface area contributed by atoms with Gasteiger partial charge in [-0.15, -0.1) is 0 Å².